The van der Waals surface area contributed by atoms with Crippen LogP contribution in [0.5, 0.6) is 11.5 Å². The molecule has 0 saturated heterocycles. The molecule has 0 aliphatic carbocycles. The molecule has 1 atom stereocenters. The van der Waals surface area contributed by atoms with E-state index in [1.807, 2.05) is 13.0 Å². The molecule has 1 aliphatic rings. The molecule has 1 N–H and O–H groups in total. The molecule has 1 heterocycles. The largest absolute Gasteiger partial charge is 0.454 e. The van der Waals surface area contributed by atoms with E-state index in [4.69, 9.17) is 9.47 Å². The molecule has 0 spiro atoms. The van der Waals surface area contributed by atoms with Crippen molar-refractivity contribution < 1.29 is 14.3 Å². The molecule has 0 fully saturated rings. The van der Waals surface area contributed by atoms with Crippen molar-refractivity contribution >= 4 is 23.4 Å². The zero-order valence-corrected chi connectivity index (χ0v) is 14.9. The van der Waals surface area contributed by atoms with Gasteiger partial charge in [0.2, 0.25) is 12.7 Å². The second-order valence-corrected chi connectivity index (χ2v) is 7.46. The smallest absolute Gasteiger partial charge is 0.237 e. The number of hydrogen-bond donors (Lipinski definition) is 1. The van der Waals surface area contributed by atoms with Crippen LogP contribution in [-0.4, -0.2) is 18.0 Å². The van der Waals surface area contributed by atoms with Crippen LogP contribution in [0, 0.1) is 0 Å². The number of rotatable bonds is 5. The highest BCUT2D eigenvalue weighted by Gasteiger charge is 2.17. The van der Waals surface area contributed by atoms with Crippen molar-refractivity contribution in [2.75, 3.05) is 12.1 Å². The molecule has 1 amide bonds. The first-order chi connectivity index (χ1) is 11.5. The average Bonchev–Trinajstić information content (AvgIpc) is 3.03. The number of thioether (sulfide) groups is 1. The van der Waals surface area contributed by atoms with Gasteiger partial charge in [-0.1, -0.05) is 26.0 Å². The number of anilines is 1. The summed E-state index contributed by atoms with van der Waals surface area (Å²) in [7, 11) is 0. The summed E-state index contributed by atoms with van der Waals surface area (Å²) in [6.07, 6.45) is 0. The molecule has 1 unspecified atom stereocenters. The van der Waals surface area contributed by atoms with E-state index in [1.54, 1.807) is 23.9 Å². The van der Waals surface area contributed by atoms with Crippen LogP contribution in [0.1, 0.15) is 32.3 Å². The number of fused-ring (bicyclic) bond motifs is 1. The Kier molecular flexibility index (Phi) is 5.00. The number of carbonyl (C=O) groups is 1. The Morgan fingerprint density at radius 2 is 1.75 bits per heavy atom. The minimum Gasteiger partial charge on any atom is -0.454 e. The van der Waals surface area contributed by atoms with Crippen LogP contribution in [-0.2, 0) is 4.79 Å². The molecule has 4 nitrogen and oxygen atoms in total. The van der Waals surface area contributed by atoms with Gasteiger partial charge in [-0.05, 0) is 42.7 Å². The van der Waals surface area contributed by atoms with E-state index in [2.05, 4.69) is 43.4 Å². The Labute approximate surface area is 146 Å². The maximum absolute atomic E-state index is 12.4. The van der Waals surface area contributed by atoms with Crippen LogP contribution < -0.4 is 14.8 Å². The number of benzene rings is 2. The van der Waals surface area contributed by atoms with Gasteiger partial charge in [0, 0.05) is 16.6 Å². The maximum Gasteiger partial charge on any atom is 0.237 e. The summed E-state index contributed by atoms with van der Waals surface area (Å²) in [5.41, 5.74) is 2.02. The Hall–Kier alpha value is -2.14. The molecule has 0 radical (unpaired) electrons. The highest BCUT2D eigenvalue weighted by molar-refractivity contribution is 8.00. The van der Waals surface area contributed by atoms with Crippen molar-refractivity contribution in [3.8, 4) is 11.5 Å². The van der Waals surface area contributed by atoms with Crippen molar-refractivity contribution in [3.63, 3.8) is 0 Å². The van der Waals surface area contributed by atoms with E-state index >= 15 is 0 Å². The number of amides is 1. The van der Waals surface area contributed by atoms with E-state index in [9.17, 15) is 4.79 Å². The van der Waals surface area contributed by atoms with E-state index in [-0.39, 0.29) is 18.0 Å². The molecule has 0 bridgehead atoms. The van der Waals surface area contributed by atoms with Crippen molar-refractivity contribution in [2.24, 2.45) is 0 Å². The monoisotopic (exact) mass is 343 g/mol. The van der Waals surface area contributed by atoms with E-state index in [0.717, 1.165) is 4.90 Å². The topological polar surface area (TPSA) is 47.6 Å². The molecule has 2 aromatic rings. The van der Waals surface area contributed by atoms with Gasteiger partial charge in [0.15, 0.2) is 11.5 Å². The third-order valence-electron chi connectivity index (χ3n) is 3.87. The minimum absolute atomic E-state index is 0.0354. The lowest BCUT2D eigenvalue weighted by atomic mass is 10.0. The molecule has 2 aromatic carbocycles. The standard InChI is InChI=1S/C19H21NO3S/c1-12(2)14-4-7-16(8-5-14)24-13(3)19(21)20-15-6-9-17-18(10-15)23-11-22-17/h4-10,12-13H,11H2,1-3H3,(H,20,21). The van der Waals surface area contributed by atoms with Gasteiger partial charge >= 0.3 is 0 Å². The predicted octanol–water partition coefficient (Wildman–Crippen LogP) is 4.66. The van der Waals surface area contributed by atoms with Crippen LogP contribution in [0.25, 0.3) is 0 Å². The average molecular weight is 343 g/mol. The van der Waals surface area contributed by atoms with Crippen molar-refractivity contribution in [2.45, 2.75) is 36.8 Å². The summed E-state index contributed by atoms with van der Waals surface area (Å²) in [6, 6.07) is 13.8. The Morgan fingerprint density at radius 1 is 1.04 bits per heavy atom. The van der Waals surface area contributed by atoms with E-state index < -0.39 is 0 Å². The molecule has 1 aliphatic heterocycles. The van der Waals surface area contributed by atoms with Gasteiger partial charge in [0.05, 0.1) is 5.25 Å². The first kappa shape index (κ1) is 16.7. The van der Waals surface area contributed by atoms with E-state index in [1.165, 1.54) is 5.56 Å². The Balaban J connectivity index is 1.60. The minimum atomic E-state index is -0.194. The quantitative estimate of drug-likeness (QED) is 0.802. The molecule has 0 aromatic heterocycles. The molecular formula is C19H21NO3S. The summed E-state index contributed by atoms with van der Waals surface area (Å²) < 4.78 is 10.6. The first-order valence-corrected chi connectivity index (χ1v) is 8.88. The summed E-state index contributed by atoms with van der Waals surface area (Å²) in [5, 5.41) is 2.73. The lowest BCUT2D eigenvalue weighted by Gasteiger charge is -2.13. The zero-order chi connectivity index (χ0) is 17.1. The lowest BCUT2D eigenvalue weighted by Crippen LogP contribution is -2.22. The van der Waals surface area contributed by atoms with Crippen LogP contribution in [0.2, 0.25) is 0 Å². The van der Waals surface area contributed by atoms with Crippen LogP contribution in [0.4, 0.5) is 5.69 Å². The van der Waals surface area contributed by atoms with Gasteiger partial charge in [0.1, 0.15) is 0 Å². The Morgan fingerprint density at radius 3 is 2.46 bits per heavy atom. The number of hydrogen-bond acceptors (Lipinski definition) is 4. The predicted molar refractivity (Wildman–Crippen MR) is 97.0 cm³/mol. The van der Waals surface area contributed by atoms with Crippen LogP contribution in [0.3, 0.4) is 0 Å². The van der Waals surface area contributed by atoms with Crippen molar-refractivity contribution in [1.82, 2.24) is 0 Å². The van der Waals surface area contributed by atoms with Gasteiger partial charge in [0.25, 0.3) is 0 Å². The third-order valence-corrected chi connectivity index (χ3v) is 4.98. The second-order valence-electron chi connectivity index (χ2n) is 6.04. The van der Waals surface area contributed by atoms with Crippen molar-refractivity contribution in [1.29, 1.82) is 0 Å². The number of nitrogens with one attached hydrogen (secondary N) is 1. The molecule has 24 heavy (non-hydrogen) atoms. The highest BCUT2D eigenvalue weighted by Crippen LogP contribution is 2.34. The molecule has 126 valence electrons. The summed E-state index contributed by atoms with van der Waals surface area (Å²) >= 11 is 1.55. The molecule has 3 rings (SSSR count). The zero-order valence-electron chi connectivity index (χ0n) is 14.0. The van der Waals surface area contributed by atoms with Gasteiger partial charge < -0.3 is 14.8 Å². The van der Waals surface area contributed by atoms with E-state index in [0.29, 0.717) is 23.1 Å². The number of ether oxygens (including phenoxy) is 2. The number of carbonyl (C=O) groups excluding carboxylic acids is 1. The van der Waals surface area contributed by atoms with Gasteiger partial charge in [-0.25, -0.2) is 0 Å². The second kappa shape index (κ2) is 7.18. The third kappa shape index (κ3) is 3.85. The van der Waals surface area contributed by atoms with Gasteiger partial charge in [-0.15, -0.1) is 11.8 Å². The lowest BCUT2D eigenvalue weighted by molar-refractivity contribution is -0.115. The SMILES string of the molecule is CC(Sc1ccc(C(C)C)cc1)C(=O)Nc1ccc2c(c1)OCO2. The van der Waals surface area contributed by atoms with Crippen LogP contribution >= 0.6 is 11.8 Å². The van der Waals surface area contributed by atoms with Crippen LogP contribution in [0.15, 0.2) is 47.4 Å². The summed E-state index contributed by atoms with van der Waals surface area (Å²) in [5.74, 6) is 1.85. The molecule has 0 saturated carbocycles. The van der Waals surface area contributed by atoms with Gasteiger partial charge in [-0.3, -0.25) is 4.79 Å². The van der Waals surface area contributed by atoms with Crippen molar-refractivity contribution in [3.05, 3.63) is 48.0 Å². The highest BCUT2D eigenvalue weighted by atomic mass is 32.2. The summed E-state index contributed by atoms with van der Waals surface area (Å²) in [6.45, 7) is 6.47. The normalized spacial score (nSPS) is 13.8. The molecular weight excluding hydrogens is 322 g/mol. The first-order valence-electron chi connectivity index (χ1n) is 8.00. The van der Waals surface area contributed by atoms with Gasteiger partial charge in [-0.2, -0.15) is 0 Å². The molecule has 5 heteroatoms. The fraction of sp³-hybridized carbons (Fsp3) is 0.316. The fourth-order valence-electron chi connectivity index (χ4n) is 2.41. The summed E-state index contributed by atoms with van der Waals surface area (Å²) in [4.78, 5) is 13.5. The Bertz CT molecular complexity index is 728. The maximum atomic E-state index is 12.4. The fourth-order valence-corrected chi connectivity index (χ4v) is 3.27.